The highest BCUT2D eigenvalue weighted by Crippen LogP contribution is 2.30. The van der Waals surface area contributed by atoms with Crippen molar-refractivity contribution in [2.24, 2.45) is 0 Å². The van der Waals surface area contributed by atoms with Gasteiger partial charge in [0.2, 0.25) is 5.76 Å². The Bertz CT molecular complexity index is 1250. The molecule has 3 rings (SSSR count). The molecule has 3 aromatic rings. The zero-order valence-corrected chi connectivity index (χ0v) is 17.7. The van der Waals surface area contributed by atoms with Crippen LogP contribution in [0.25, 0.3) is 0 Å². The predicted molar refractivity (Wildman–Crippen MR) is 112 cm³/mol. The molecule has 9 nitrogen and oxygen atoms in total. The summed E-state index contributed by atoms with van der Waals surface area (Å²) in [6, 6.07) is 6.10. The van der Waals surface area contributed by atoms with Crippen molar-refractivity contribution in [1.29, 1.82) is 0 Å². The largest absolute Gasteiger partial charge is 0.416 e. The summed E-state index contributed by atoms with van der Waals surface area (Å²) in [5.41, 5.74) is -0.426. The number of carbonyl (C=O) groups excluding carboxylic acids is 2. The highest BCUT2D eigenvalue weighted by molar-refractivity contribution is 6.02. The van der Waals surface area contributed by atoms with Crippen LogP contribution in [0, 0.1) is 11.8 Å². The minimum Gasteiger partial charge on any atom is -0.395 e. The molecule has 0 radical (unpaired) electrons. The molecule has 176 valence electrons. The minimum absolute atomic E-state index is 0.0427. The summed E-state index contributed by atoms with van der Waals surface area (Å²) in [7, 11) is 0. The van der Waals surface area contributed by atoms with Crippen molar-refractivity contribution in [3.63, 3.8) is 0 Å². The summed E-state index contributed by atoms with van der Waals surface area (Å²) in [5, 5.41) is 17.5. The van der Waals surface area contributed by atoms with Gasteiger partial charge in [-0.25, -0.2) is 9.97 Å². The van der Waals surface area contributed by atoms with Crippen molar-refractivity contribution in [3.05, 3.63) is 71.1 Å². The molecule has 0 aliphatic rings. The van der Waals surface area contributed by atoms with Crippen LogP contribution in [-0.2, 0) is 6.18 Å². The molecule has 0 spiro atoms. The van der Waals surface area contributed by atoms with Crippen molar-refractivity contribution < 1.29 is 32.4 Å². The Balaban J connectivity index is 1.65. The van der Waals surface area contributed by atoms with E-state index in [1.807, 2.05) is 0 Å². The van der Waals surface area contributed by atoms with Crippen molar-refractivity contribution in [3.8, 4) is 11.8 Å². The van der Waals surface area contributed by atoms with Gasteiger partial charge in [-0.15, -0.1) is 0 Å². The number of aromatic nitrogens is 3. The highest BCUT2D eigenvalue weighted by Gasteiger charge is 2.30. The second kappa shape index (κ2) is 10.6. The topological polar surface area (TPSA) is 130 Å². The van der Waals surface area contributed by atoms with Gasteiger partial charge in [0.15, 0.2) is 0 Å². The highest BCUT2D eigenvalue weighted by atomic mass is 19.4. The fourth-order valence-electron chi connectivity index (χ4n) is 2.67. The van der Waals surface area contributed by atoms with Crippen LogP contribution in [0.2, 0.25) is 0 Å². The van der Waals surface area contributed by atoms with Crippen molar-refractivity contribution in [1.82, 2.24) is 20.4 Å². The summed E-state index contributed by atoms with van der Waals surface area (Å²) >= 11 is 0. The van der Waals surface area contributed by atoms with Gasteiger partial charge in [0.05, 0.1) is 18.2 Å². The Kier molecular flexibility index (Phi) is 7.60. The number of hydrogen-bond acceptors (Lipinski definition) is 7. The Labute approximate surface area is 191 Å². The van der Waals surface area contributed by atoms with Crippen molar-refractivity contribution >= 4 is 17.5 Å². The molecular formula is C22H18F3N5O4. The standard InChI is InChI=1S/C22H18F3N5O4/c1-13(28-20(32)18-10-15(26-12-27-18)6-2-3-8-31)17-11-19(34-30-17)21(33)29-16-7-4-5-14(9-16)22(23,24)25/h4-5,7,9-13,31H,3,8H2,1H3,(H,28,32)(H,29,33). The minimum atomic E-state index is -4.55. The maximum absolute atomic E-state index is 12.8. The molecule has 1 atom stereocenters. The number of aliphatic hydroxyl groups excluding tert-OH is 1. The second-order valence-electron chi connectivity index (χ2n) is 6.91. The normalized spacial score (nSPS) is 11.8. The maximum atomic E-state index is 12.8. The SMILES string of the molecule is CC(NC(=O)c1cc(C#CCCO)ncn1)c1cc(C(=O)Nc2cccc(C(F)(F)F)c2)on1. The number of alkyl halides is 3. The lowest BCUT2D eigenvalue weighted by molar-refractivity contribution is -0.137. The molecule has 0 saturated heterocycles. The Hall–Kier alpha value is -4.24. The van der Waals surface area contributed by atoms with Crippen LogP contribution in [-0.4, -0.2) is 38.7 Å². The van der Waals surface area contributed by atoms with Crippen LogP contribution in [0.5, 0.6) is 0 Å². The zero-order chi connectivity index (χ0) is 24.7. The summed E-state index contributed by atoms with van der Waals surface area (Å²) < 4.78 is 43.5. The quantitative estimate of drug-likeness (QED) is 0.469. The van der Waals surface area contributed by atoms with E-state index >= 15 is 0 Å². The molecule has 0 bridgehead atoms. The molecule has 0 saturated carbocycles. The third-order valence-corrected chi connectivity index (χ3v) is 4.34. The van der Waals surface area contributed by atoms with Gasteiger partial charge >= 0.3 is 6.18 Å². The molecule has 0 aliphatic heterocycles. The van der Waals surface area contributed by atoms with E-state index in [9.17, 15) is 22.8 Å². The lowest BCUT2D eigenvalue weighted by Crippen LogP contribution is -2.27. The van der Waals surface area contributed by atoms with Gasteiger partial charge < -0.3 is 20.3 Å². The van der Waals surface area contributed by atoms with Crippen LogP contribution in [0.1, 0.15) is 57.4 Å². The predicted octanol–water partition coefficient (Wildman–Crippen LogP) is 2.96. The number of aliphatic hydroxyl groups is 1. The number of amides is 2. The molecule has 1 unspecified atom stereocenters. The van der Waals surface area contributed by atoms with Crippen molar-refractivity contribution in [2.75, 3.05) is 11.9 Å². The maximum Gasteiger partial charge on any atom is 0.416 e. The van der Waals surface area contributed by atoms with Crippen LogP contribution in [0.15, 0.2) is 47.2 Å². The van der Waals surface area contributed by atoms with Gasteiger partial charge in [-0.1, -0.05) is 17.1 Å². The molecular weight excluding hydrogens is 455 g/mol. The van der Waals surface area contributed by atoms with Crippen LogP contribution < -0.4 is 10.6 Å². The molecule has 0 aliphatic carbocycles. The number of hydrogen-bond donors (Lipinski definition) is 3. The van der Waals surface area contributed by atoms with Gasteiger partial charge in [-0.3, -0.25) is 9.59 Å². The van der Waals surface area contributed by atoms with Gasteiger partial charge in [-0.05, 0) is 31.0 Å². The number of rotatable bonds is 6. The average Bonchev–Trinajstić information content (AvgIpc) is 3.30. The Morgan fingerprint density at radius 3 is 2.71 bits per heavy atom. The van der Waals surface area contributed by atoms with E-state index in [0.29, 0.717) is 5.69 Å². The third-order valence-electron chi connectivity index (χ3n) is 4.34. The molecule has 34 heavy (non-hydrogen) atoms. The van der Waals surface area contributed by atoms with E-state index in [1.165, 1.54) is 30.6 Å². The lowest BCUT2D eigenvalue weighted by atomic mass is 10.2. The van der Waals surface area contributed by atoms with E-state index in [4.69, 9.17) is 9.63 Å². The van der Waals surface area contributed by atoms with Gasteiger partial charge in [-0.2, -0.15) is 13.2 Å². The average molecular weight is 473 g/mol. The fraction of sp³-hybridized carbons (Fsp3) is 0.227. The van der Waals surface area contributed by atoms with E-state index in [0.717, 1.165) is 12.1 Å². The van der Waals surface area contributed by atoms with Gasteiger partial charge in [0.25, 0.3) is 11.8 Å². The Morgan fingerprint density at radius 1 is 1.18 bits per heavy atom. The zero-order valence-electron chi connectivity index (χ0n) is 17.7. The monoisotopic (exact) mass is 473 g/mol. The van der Waals surface area contributed by atoms with E-state index in [1.54, 1.807) is 6.92 Å². The molecule has 0 fully saturated rings. The number of benzene rings is 1. The van der Waals surface area contributed by atoms with Crippen LogP contribution >= 0.6 is 0 Å². The lowest BCUT2D eigenvalue weighted by Gasteiger charge is -2.10. The smallest absolute Gasteiger partial charge is 0.395 e. The molecule has 2 heterocycles. The molecule has 1 aromatic carbocycles. The summed E-state index contributed by atoms with van der Waals surface area (Å²) in [4.78, 5) is 32.6. The number of nitrogens with one attached hydrogen (secondary N) is 2. The molecule has 2 amide bonds. The molecule has 3 N–H and O–H groups in total. The number of anilines is 1. The van der Waals surface area contributed by atoms with E-state index < -0.39 is 29.6 Å². The second-order valence-corrected chi connectivity index (χ2v) is 6.91. The summed E-state index contributed by atoms with van der Waals surface area (Å²) in [6.45, 7) is 1.49. The first-order chi connectivity index (χ1) is 16.2. The summed E-state index contributed by atoms with van der Waals surface area (Å²) in [5.74, 6) is 3.77. The number of carbonyl (C=O) groups is 2. The third kappa shape index (κ3) is 6.39. The molecule has 2 aromatic heterocycles. The van der Waals surface area contributed by atoms with Crippen LogP contribution in [0.3, 0.4) is 0 Å². The van der Waals surface area contributed by atoms with Gasteiger partial charge in [0, 0.05) is 24.2 Å². The number of halogens is 3. The first-order valence-electron chi connectivity index (χ1n) is 9.85. The first-order valence-corrected chi connectivity index (χ1v) is 9.85. The van der Waals surface area contributed by atoms with E-state index in [-0.39, 0.29) is 35.9 Å². The Morgan fingerprint density at radius 2 is 1.97 bits per heavy atom. The van der Waals surface area contributed by atoms with E-state index in [2.05, 4.69) is 37.6 Å². The van der Waals surface area contributed by atoms with Crippen LogP contribution in [0.4, 0.5) is 18.9 Å². The number of nitrogens with zero attached hydrogens (tertiary/aromatic N) is 3. The van der Waals surface area contributed by atoms with Gasteiger partial charge in [0.1, 0.15) is 23.4 Å². The molecule has 12 heteroatoms. The fourth-order valence-corrected chi connectivity index (χ4v) is 2.67. The summed E-state index contributed by atoms with van der Waals surface area (Å²) in [6.07, 6.45) is -3.11. The van der Waals surface area contributed by atoms with Crippen molar-refractivity contribution in [2.45, 2.75) is 25.6 Å². The first kappa shape index (κ1) is 24.4.